The van der Waals surface area contributed by atoms with Crippen molar-refractivity contribution in [1.82, 2.24) is 15.0 Å². The van der Waals surface area contributed by atoms with Gasteiger partial charge in [-0.05, 0) is 24.6 Å². The van der Waals surface area contributed by atoms with Crippen molar-refractivity contribution in [2.45, 2.75) is 6.42 Å². The lowest BCUT2D eigenvalue weighted by Crippen LogP contribution is -2.44. The highest BCUT2D eigenvalue weighted by atomic mass is 32.1. The molecule has 5 rings (SSSR count). The molecule has 2 N–H and O–H groups in total. The van der Waals surface area contributed by atoms with Gasteiger partial charge in [-0.15, -0.1) is 11.3 Å². The van der Waals surface area contributed by atoms with Gasteiger partial charge in [0.05, 0.1) is 24.6 Å². The standard InChI is InChI=1S/C20H18N6OS/c21-9-13-14(22)8-16(19-23-5-7-28-19)25-18(13)15-2-1-3-17(24-15)26-6-4-20(10-26)11-27-12-20/h1-3,5,7-8H,4,6,10-12H2,(H2,22,25). The third kappa shape index (κ3) is 2.80. The fourth-order valence-electron chi connectivity index (χ4n) is 3.82. The summed E-state index contributed by atoms with van der Waals surface area (Å²) < 4.78 is 5.42. The van der Waals surface area contributed by atoms with Gasteiger partial charge in [0.15, 0.2) is 0 Å². The number of hydrogen-bond acceptors (Lipinski definition) is 8. The number of nitrogens with zero attached hydrogens (tertiary/aromatic N) is 5. The van der Waals surface area contributed by atoms with Crippen molar-refractivity contribution in [3.63, 3.8) is 0 Å². The lowest BCUT2D eigenvalue weighted by molar-refractivity contribution is -0.0985. The maximum absolute atomic E-state index is 9.64. The molecule has 0 saturated carbocycles. The molecule has 2 aliphatic rings. The number of nitrogens with two attached hydrogens (primary N) is 1. The number of pyridine rings is 2. The molecule has 0 unspecified atom stereocenters. The Bertz CT molecular complexity index is 1070. The third-order valence-electron chi connectivity index (χ3n) is 5.37. The van der Waals surface area contributed by atoms with Crippen molar-refractivity contribution < 1.29 is 4.74 Å². The first kappa shape index (κ1) is 17.1. The number of rotatable bonds is 3. The van der Waals surface area contributed by atoms with E-state index < -0.39 is 0 Å². The van der Waals surface area contributed by atoms with Crippen LogP contribution < -0.4 is 10.6 Å². The van der Waals surface area contributed by atoms with Crippen LogP contribution in [-0.2, 0) is 4.74 Å². The largest absolute Gasteiger partial charge is 0.398 e. The van der Waals surface area contributed by atoms with Gasteiger partial charge in [-0.2, -0.15) is 5.26 Å². The number of nitriles is 1. The summed E-state index contributed by atoms with van der Waals surface area (Å²) in [6.45, 7) is 3.56. The van der Waals surface area contributed by atoms with E-state index in [4.69, 9.17) is 15.5 Å². The fraction of sp³-hybridized carbons (Fsp3) is 0.300. The first-order valence-corrected chi connectivity index (χ1v) is 9.96. The Morgan fingerprint density at radius 2 is 2.14 bits per heavy atom. The maximum Gasteiger partial charge on any atom is 0.141 e. The van der Waals surface area contributed by atoms with Crippen LogP contribution >= 0.6 is 11.3 Å². The number of ether oxygens (including phenoxy) is 1. The van der Waals surface area contributed by atoms with Gasteiger partial charge in [0.25, 0.3) is 0 Å². The van der Waals surface area contributed by atoms with E-state index in [1.165, 1.54) is 11.3 Å². The molecule has 28 heavy (non-hydrogen) atoms. The van der Waals surface area contributed by atoms with Crippen molar-refractivity contribution in [3.05, 3.63) is 41.4 Å². The number of anilines is 2. The predicted octanol–water partition coefficient (Wildman–Crippen LogP) is 2.95. The van der Waals surface area contributed by atoms with Crippen LogP contribution in [0.2, 0.25) is 0 Å². The van der Waals surface area contributed by atoms with E-state index in [1.807, 2.05) is 23.6 Å². The van der Waals surface area contributed by atoms with Gasteiger partial charge in [-0.25, -0.2) is 15.0 Å². The molecule has 3 aromatic rings. The molecule has 2 fully saturated rings. The molecule has 7 nitrogen and oxygen atoms in total. The van der Waals surface area contributed by atoms with Gasteiger partial charge in [-0.3, -0.25) is 0 Å². The molecule has 0 radical (unpaired) electrons. The van der Waals surface area contributed by atoms with Crippen molar-refractivity contribution in [2.75, 3.05) is 36.9 Å². The highest BCUT2D eigenvalue weighted by molar-refractivity contribution is 7.13. The lowest BCUT2D eigenvalue weighted by atomic mass is 9.85. The topological polar surface area (TPSA) is 101 Å². The Balaban J connectivity index is 1.55. The third-order valence-corrected chi connectivity index (χ3v) is 6.16. The molecule has 0 aliphatic carbocycles. The lowest BCUT2D eigenvalue weighted by Gasteiger charge is -2.37. The Kier molecular flexibility index (Phi) is 4.00. The molecule has 5 heterocycles. The van der Waals surface area contributed by atoms with Crippen LogP contribution in [-0.4, -0.2) is 41.3 Å². The van der Waals surface area contributed by atoms with E-state index in [-0.39, 0.29) is 5.41 Å². The normalized spacial score (nSPS) is 17.5. The number of nitrogen functional groups attached to an aromatic ring is 1. The molecule has 2 aliphatic heterocycles. The van der Waals surface area contributed by atoms with Crippen molar-refractivity contribution in [3.8, 4) is 28.2 Å². The Hall–Kier alpha value is -3.02. The Morgan fingerprint density at radius 3 is 2.82 bits per heavy atom. The quantitative estimate of drug-likeness (QED) is 0.734. The van der Waals surface area contributed by atoms with Crippen LogP contribution in [0.4, 0.5) is 11.5 Å². The average molecular weight is 390 g/mol. The zero-order chi connectivity index (χ0) is 19.1. The van der Waals surface area contributed by atoms with Crippen LogP contribution in [0.25, 0.3) is 22.1 Å². The number of aromatic nitrogens is 3. The van der Waals surface area contributed by atoms with E-state index in [0.717, 1.165) is 43.5 Å². The van der Waals surface area contributed by atoms with E-state index in [2.05, 4.69) is 20.9 Å². The van der Waals surface area contributed by atoms with Crippen LogP contribution in [0, 0.1) is 16.7 Å². The first-order valence-electron chi connectivity index (χ1n) is 9.08. The Labute approximate surface area is 166 Å². The molecular weight excluding hydrogens is 372 g/mol. The summed E-state index contributed by atoms with van der Waals surface area (Å²) in [6.07, 6.45) is 2.84. The van der Waals surface area contributed by atoms with Crippen molar-refractivity contribution in [2.24, 2.45) is 5.41 Å². The minimum absolute atomic E-state index is 0.281. The summed E-state index contributed by atoms with van der Waals surface area (Å²) in [5.74, 6) is 0.894. The van der Waals surface area contributed by atoms with Crippen molar-refractivity contribution in [1.29, 1.82) is 5.26 Å². The van der Waals surface area contributed by atoms with E-state index in [0.29, 0.717) is 28.3 Å². The molecule has 0 bridgehead atoms. The van der Waals surface area contributed by atoms with Gasteiger partial charge in [0, 0.05) is 30.1 Å². The maximum atomic E-state index is 9.64. The smallest absolute Gasteiger partial charge is 0.141 e. The van der Waals surface area contributed by atoms with Gasteiger partial charge in [0.1, 0.15) is 33.8 Å². The monoisotopic (exact) mass is 390 g/mol. The van der Waals surface area contributed by atoms with Gasteiger partial charge in [0.2, 0.25) is 0 Å². The van der Waals surface area contributed by atoms with Gasteiger partial charge >= 0.3 is 0 Å². The zero-order valence-corrected chi connectivity index (χ0v) is 15.9. The minimum Gasteiger partial charge on any atom is -0.398 e. The summed E-state index contributed by atoms with van der Waals surface area (Å²) >= 11 is 1.48. The number of thiazole rings is 1. The summed E-state index contributed by atoms with van der Waals surface area (Å²) in [7, 11) is 0. The molecular formula is C20H18N6OS. The second kappa shape index (κ2) is 6.55. The SMILES string of the molecule is N#Cc1c(N)cc(-c2nccs2)nc1-c1cccc(N2CCC3(COC3)C2)n1. The fourth-order valence-corrected chi connectivity index (χ4v) is 4.41. The summed E-state index contributed by atoms with van der Waals surface area (Å²) in [5, 5.41) is 12.3. The van der Waals surface area contributed by atoms with Crippen molar-refractivity contribution >= 4 is 22.8 Å². The minimum atomic E-state index is 0.281. The molecule has 140 valence electrons. The van der Waals surface area contributed by atoms with Crippen LogP contribution in [0.15, 0.2) is 35.8 Å². The van der Waals surface area contributed by atoms with E-state index in [9.17, 15) is 5.26 Å². The molecule has 2 saturated heterocycles. The Morgan fingerprint density at radius 1 is 1.25 bits per heavy atom. The molecule has 3 aromatic heterocycles. The first-order chi connectivity index (χ1) is 13.7. The van der Waals surface area contributed by atoms with E-state index >= 15 is 0 Å². The summed E-state index contributed by atoms with van der Waals surface area (Å²) in [5.41, 5.74) is 8.96. The predicted molar refractivity (Wildman–Crippen MR) is 108 cm³/mol. The number of hydrogen-bond donors (Lipinski definition) is 1. The molecule has 0 amide bonds. The molecule has 0 atom stereocenters. The van der Waals surface area contributed by atoms with Crippen LogP contribution in [0.1, 0.15) is 12.0 Å². The highest BCUT2D eigenvalue weighted by Gasteiger charge is 2.44. The van der Waals surface area contributed by atoms with Crippen LogP contribution in [0.5, 0.6) is 0 Å². The highest BCUT2D eigenvalue weighted by Crippen LogP contribution is 2.39. The van der Waals surface area contributed by atoms with Gasteiger partial charge < -0.3 is 15.4 Å². The molecule has 8 heteroatoms. The van der Waals surface area contributed by atoms with Crippen LogP contribution in [0.3, 0.4) is 0 Å². The zero-order valence-electron chi connectivity index (χ0n) is 15.1. The van der Waals surface area contributed by atoms with E-state index in [1.54, 1.807) is 12.3 Å². The summed E-state index contributed by atoms with van der Waals surface area (Å²) in [4.78, 5) is 16.1. The second-order valence-corrected chi connectivity index (χ2v) is 8.21. The molecule has 0 aromatic carbocycles. The summed E-state index contributed by atoms with van der Waals surface area (Å²) in [6, 6.07) is 9.71. The average Bonchev–Trinajstić information content (AvgIpc) is 3.37. The molecule has 1 spiro atoms. The van der Waals surface area contributed by atoms with Gasteiger partial charge in [-0.1, -0.05) is 6.07 Å². The second-order valence-electron chi connectivity index (χ2n) is 7.31.